The summed E-state index contributed by atoms with van der Waals surface area (Å²) in [5.74, 6) is 4.98. The average Bonchev–Trinajstić information content (AvgIpc) is 2.71. The van der Waals surface area contributed by atoms with Crippen molar-refractivity contribution in [3.8, 4) is 22.6 Å². The van der Waals surface area contributed by atoms with Crippen molar-refractivity contribution in [3.05, 3.63) is 51.8 Å². The molecule has 2 aromatic rings. The van der Waals surface area contributed by atoms with Gasteiger partial charge >= 0.3 is 0 Å². The Kier molecular flexibility index (Phi) is 4.63. The Morgan fingerprint density at radius 2 is 1.79 bits per heavy atom. The molecular formula is C24H25NO2S2. The highest BCUT2D eigenvalue weighted by Crippen LogP contribution is 2.53. The first-order chi connectivity index (χ1) is 14.0. The first-order valence-corrected chi connectivity index (χ1v) is 12.0. The van der Waals surface area contributed by atoms with Crippen LogP contribution in [0.5, 0.6) is 11.5 Å². The summed E-state index contributed by atoms with van der Waals surface area (Å²) in [4.78, 5) is 0. The molecule has 3 aliphatic heterocycles. The molecule has 5 rings (SSSR count). The fourth-order valence-electron chi connectivity index (χ4n) is 4.38. The summed E-state index contributed by atoms with van der Waals surface area (Å²) in [7, 11) is 1.70. The quantitative estimate of drug-likeness (QED) is 0.541. The van der Waals surface area contributed by atoms with Crippen molar-refractivity contribution in [2.75, 3.05) is 23.9 Å². The lowest BCUT2D eigenvalue weighted by Gasteiger charge is -2.35. The molecule has 0 atom stereocenters. The Hall–Kier alpha value is -1.98. The molecule has 0 bridgehead atoms. The smallest absolute Gasteiger partial charge is 0.155 e. The lowest BCUT2D eigenvalue weighted by Crippen LogP contribution is -2.32. The Morgan fingerprint density at radius 1 is 1.03 bits per heavy atom. The van der Waals surface area contributed by atoms with Gasteiger partial charge in [-0.2, -0.15) is 0 Å². The summed E-state index contributed by atoms with van der Waals surface area (Å²) in [6.07, 6.45) is 3.56. The minimum atomic E-state index is -0.0617. The Balaban J connectivity index is 1.80. The van der Waals surface area contributed by atoms with Gasteiger partial charge < -0.3 is 14.8 Å². The van der Waals surface area contributed by atoms with Crippen LogP contribution >= 0.6 is 23.5 Å². The fourth-order valence-corrected chi connectivity index (χ4v) is 6.89. The molecule has 0 spiro atoms. The third-order valence-electron chi connectivity index (χ3n) is 5.49. The highest BCUT2D eigenvalue weighted by Gasteiger charge is 2.33. The molecule has 150 valence electrons. The Labute approximate surface area is 180 Å². The second-order valence-electron chi connectivity index (χ2n) is 8.22. The van der Waals surface area contributed by atoms with Crippen LogP contribution in [0.25, 0.3) is 22.5 Å². The second kappa shape index (κ2) is 7.06. The highest BCUT2D eigenvalue weighted by atomic mass is 32.2. The molecule has 0 amide bonds. The number of hydrogen-bond donors (Lipinski definition) is 1. The summed E-state index contributed by atoms with van der Waals surface area (Å²) in [5, 5.41) is 3.69. The normalized spacial score (nSPS) is 19.2. The molecule has 0 aliphatic carbocycles. The van der Waals surface area contributed by atoms with Crippen LogP contribution < -0.4 is 14.8 Å². The van der Waals surface area contributed by atoms with Gasteiger partial charge in [-0.3, -0.25) is 0 Å². The third-order valence-corrected chi connectivity index (χ3v) is 8.08. The molecule has 0 radical (unpaired) electrons. The minimum absolute atomic E-state index is 0.0617. The van der Waals surface area contributed by atoms with Gasteiger partial charge in [0.15, 0.2) is 5.76 Å². The summed E-state index contributed by atoms with van der Waals surface area (Å²) < 4.78 is 13.4. The van der Waals surface area contributed by atoms with Crippen molar-refractivity contribution in [3.63, 3.8) is 0 Å². The third kappa shape index (κ3) is 3.24. The van der Waals surface area contributed by atoms with Crippen molar-refractivity contribution in [1.29, 1.82) is 0 Å². The first-order valence-electron chi connectivity index (χ1n) is 9.98. The molecule has 0 unspecified atom stereocenters. The number of fused-ring (bicyclic) bond motifs is 5. The zero-order valence-electron chi connectivity index (χ0n) is 17.2. The van der Waals surface area contributed by atoms with Crippen LogP contribution in [0.1, 0.15) is 38.3 Å². The van der Waals surface area contributed by atoms with E-state index < -0.39 is 0 Å². The fraction of sp³-hybridized carbons (Fsp3) is 0.333. The summed E-state index contributed by atoms with van der Waals surface area (Å²) in [6, 6.07) is 10.6. The number of hydrogen-bond acceptors (Lipinski definition) is 5. The molecule has 1 saturated heterocycles. The van der Waals surface area contributed by atoms with Gasteiger partial charge in [-0.15, -0.1) is 23.5 Å². The van der Waals surface area contributed by atoms with Gasteiger partial charge in [0.1, 0.15) is 11.5 Å². The number of nitrogens with one attached hydrogen (secondary N) is 1. The molecule has 2 aromatic carbocycles. The maximum absolute atomic E-state index is 6.61. The molecule has 29 heavy (non-hydrogen) atoms. The zero-order valence-corrected chi connectivity index (χ0v) is 18.9. The minimum Gasteiger partial charge on any atom is -0.497 e. The summed E-state index contributed by atoms with van der Waals surface area (Å²) in [6.45, 7) is 6.64. The first kappa shape index (κ1) is 19.0. The molecule has 5 heteroatoms. The summed E-state index contributed by atoms with van der Waals surface area (Å²) >= 11 is 3.83. The van der Waals surface area contributed by atoms with E-state index in [0.717, 1.165) is 34.3 Å². The number of methoxy groups -OCH3 is 1. The largest absolute Gasteiger partial charge is 0.497 e. The van der Waals surface area contributed by atoms with Gasteiger partial charge in [-0.05, 0) is 68.0 Å². The molecule has 1 fully saturated rings. The van der Waals surface area contributed by atoms with E-state index in [1.54, 1.807) is 7.11 Å². The van der Waals surface area contributed by atoms with E-state index in [2.05, 4.69) is 50.4 Å². The van der Waals surface area contributed by atoms with Crippen LogP contribution in [0.4, 0.5) is 5.69 Å². The van der Waals surface area contributed by atoms with Crippen LogP contribution in [0.15, 0.2) is 40.6 Å². The number of ether oxygens (including phenoxy) is 2. The average molecular weight is 424 g/mol. The van der Waals surface area contributed by atoms with Crippen LogP contribution in [-0.2, 0) is 0 Å². The van der Waals surface area contributed by atoms with Crippen molar-refractivity contribution in [2.45, 2.75) is 32.7 Å². The number of allylic oxidation sites excluding steroid dienone is 1. The highest BCUT2D eigenvalue weighted by molar-refractivity contribution is 8.23. The van der Waals surface area contributed by atoms with E-state index >= 15 is 0 Å². The second-order valence-corrected chi connectivity index (χ2v) is 10.7. The molecule has 0 saturated carbocycles. The van der Waals surface area contributed by atoms with Crippen LogP contribution in [0.2, 0.25) is 0 Å². The van der Waals surface area contributed by atoms with E-state index in [9.17, 15) is 0 Å². The topological polar surface area (TPSA) is 30.5 Å². The lowest BCUT2D eigenvalue weighted by atomic mass is 9.83. The number of rotatable bonds is 1. The van der Waals surface area contributed by atoms with Gasteiger partial charge in [-0.25, -0.2) is 0 Å². The molecule has 0 aromatic heterocycles. The van der Waals surface area contributed by atoms with E-state index in [-0.39, 0.29) is 5.54 Å². The van der Waals surface area contributed by atoms with Crippen LogP contribution in [0.3, 0.4) is 0 Å². The number of benzene rings is 2. The molecule has 1 N–H and O–H groups in total. The van der Waals surface area contributed by atoms with Crippen molar-refractivity contribution in [1.82, 2.24) is 0 Å². The van der Waals surface area contributed by atoms with E-state index in [0.29, 0.717) is 0 Å². The van der Waals surface area contributed by atoms with Gasteiger partial charge in [0.05, 0.1) is 16.9 Å². The van der Waals surface area contributed by atoms with Gasteiger partial charge in [0.2, 0.25) is 0 Å². The molecular weight excluding hydrogens is 398 g/mol. The van der Waals surface area contributed by atoms with Gasteiger partial charge in [-0.1, -0.05) is 12.1 Å². The summed E-state index contributed by atoms with van der Waals surface area (Å²) in [5.41, 5.74) is 7.25. The van der Waals surface area contributed by atoms with Crippen molar-refractivity contribution >= 4 is 40.5 Å². The van der Waals surface area contributed by atoms with E-state index in [1.165, 1.54) is 38.6 Å². The Morgan fingerprint density at radius 3 is 2.55 bits per heavy atom. The monoisotopic (exact) mass is 423 g/mol. The van der Waals surface area contributed by atoms with Crippen LogP contribution in [-0.4, -0.2) is 24.2 Å². The maximum atomic E-state index is 6.61. The van der Waals surface area contributed by atoms with Gasteiger partial charge in [0.25, 0.3) is 0 Å². The van der Waals surface area contributed by atoms with Crippen molar-refractivity contribution in [2.24, 2.45) is 0 Å². The standard InChI is InChI=1S/C24H25NO2S2/c1-14-13-24(2,3)25-18-9-8-17-16-7-6-15(26-4)12-19(16)27-22(21(17)20(14)18)23-28-10-5-11-29-23/h6-9,12-13,25H,5,10-11H2,1-4H3. The van der Waals surface area contributed by atoms with Crippen molar-refractivity contribution < 1.29 is 9.47 Å². The number of anilines is 1. The number of thioether (sulfide) groups is 2. The van der Waals surface area contributed by atoms with Crippen LogP contribution in [0, 0.1) is 0 Å². The maximum Gasteiger partial charge on any atom is 0.155 e. The Bertz CT molecular complexity index is 1060. The predicted octanol–water partition coefficient (Wildman–Crippen LogP) is 6.86. The molecule has 3 aliphatic rings. The predicted molar refractivity (Wildman–Crippen MR) is 127 cm³/mol. The molecule has 3 nitrogen and oxygen atoms in total. The molecule has 3 heterocycles. The zero-order chi connectivity index (χ0) is 20.2. The van der Waals surface area contributed by atoms with Gasteiger partial charge in [0, 0.05) is 28.4 Å². The van der Waals surface area contributed by atoms with E-state index in [1.807, 2.05) is 35.7 Å². The lowest BCUT2D eigenvalue weighted by molar-refractivity contribution is 0.410. The van der Waals surface area contributed by atoms with E-state index in [4.69, 9.17) is 9.47 Å². The SMILES string of the molecule is COc1ccc2c(c1)OC(=C1SCCCS1)c1c-2ccc2c1C(C)=CC(C)(C)N2.